The molecule has 0 saturated carbocycles. The third-order valence-corrected chi connectivity index (χ3v) is 1.73. The zero-order valence-electron chi connectivity index (χ0n) is 5.95. The Bertz CT molecular complexity index is 39.5. The molecule has 2 N–H and O–H groups in total. The predicted molar refractivity (Wildman–Crippen MR) is 41.6 cm³/mol. The lowest BCUT2D eigenvalue weighted by molar-refractivity contribution is 0.601. The van der Waals surface area contributed by atoms with Gasteiger partial charge in [-0.2, -0.15) is 0 Å². The summed E-state index contributed by atoms with van der Waals surface area (Å²) in [6, 6.07) is 0. The van der Waals surface area contributed by atoms with Crippen molar-refractivity contribution in [3.8, 4) is 0 Å². The van der Waals surface area contributed by atoms with Crippen molar-refractivity contribution in [2.24, 2.45) is 0 Å². The summed E-state index contributed by atoms with van der Waals surface area (Å²) in [6.07, 6.45) is 6.87. The molecule has 1 aliphatic rings. The van der Waals surface area contributed by atoms with Crippen molar-refractivity contribution < 1.29 is 0 Å². The first kappa shape index (κ1) is 7.10. The summed E-state index contributed by atoms with van der Waals surface area (Å²) in [4.78, 5) is 0. The molecule has 1 rings (SSSR count). The van der Waals surface area contributed by atoms with Crippen LogP contribution in [-0.2, 0) is 0 Å². The molecule has 0 aromatic heterocycles. The maximum atomic E-state index is 3.18. The minimum absolute atomic E-state index is 1.14. The molecular weight excluding hydrogens is 111 g/mol. The van der Waals surface area contributed by atoms with Gasteiger partial charge in [-0.05, 0) is 6.42 Å². The molecule has 1 aliphatic heterocycles. The summed E-state index contributed by atoms with van der Waals surface area (Å²) in [5.74, 6) is 0. The Morgan fingerprint density at radius 2 is 1.89 bits per heavy atom. The summed E-state index contributed by atoms with van der Waals surface area (Å²) in [5, 5.41) is 3.18. The summed E-state index contributed by atoms with van der Waals surface area (Å²) in [7, 11) is 1.14. The molecule has 1 fully saturated rings. The third-order valence-electron chi connectivity index (χ3n) is 1.73. The van der Waals surface area contributed by atoms with Gasteiger partial charge < -0.3 is 5.34 Å². The maximum absolute atomic E-state index is 3.18. The minimum atomic E-state index is 1.14. The van der Waals surface area contributed by atoms with Gasteiger partial charge in [0, 0.05) is 6.54 Å². The zero-order chi connectivity index (χ0) is 6.36. The van der Waals surface area contributed by atoms with Gasteiger partial charge in [-0.15, -0.1) is 0 Å². The molecule has 0 spiro atoms. The molecule has 0 amide bonds. The molecule has 2 nitrogen and oxygen atoms in total. The van der Waals surface area contributed by atoms with Crippen molar-refractivity contribution in [2.45, 2.75) is 32.0 Å². The molecular formula is C6H15BN2. The van der Waals surface area contributed by atoms with Gasteiger partial charge in [0.25, 0.3) is 0 Å². The molecule has 0 aromatic carbocycles. The predicted octanol–water partition coefficient (Wildman–Crippen LogP) is 0.424. The van der Waals surface area contributed by atoms with Crippen LogP contribution in [-0.4, -0.2) is 14.0 Å². The number of hydrogen-bond acceptors (Lipinski definition) is 2. The maximum Gasteiger partial charge on any atom is 0.219 e. The summed E-state index contributed by atoms with van der Waals surface area (Å²) in [5.41, 5.74) is 3.18. The second-order valence-electron chi connectivity index (χ2n) is 2.62. The van der Waals surface area contributed by atoms with Gasteiger partial charge in [-0.25, -0.2) is 0 Å². The molecule has 0 bridgehead atoms. The van der Waals surface area contributed by atoms with E-state index < -0.39 is 0 Å². The lowest BCUT2D eigenvalue weighted by Gasteiger charge is -2.00. The lowest BCUT2D eigenvalue weighted by atomic mass is 9.87. The van der Waals surface area contributed by atoms with Crippen LogP contribution in [0.4, 0.5) is 0 Å². The molecule has 1 heterocycles. The number of hydrazine groups is 1. The standard InChI is InChI=1S/C6H15BN2/c1-2-4-6-8-9-7-5-3-1/h7-9H,1-6H2. The van der Waals surface area contributed by atoms with E-state index >= 15 is 0 Å². The van der Waals surface area contributed by atoms with Gasteiger partial charge in [0.15, 0.2) is 0 Å². The Morgan fingerprint density at radius 1 is 1.00 bits per heavy atom. The van der Waals surface area contributed by atoms with Crippen molar-refractivity contribution in [1.82, 2.24) is 10.8 Å². The van der Waals surface area contributed by atoms with E-state index in [2.05, 4.69) is 10.8 Å². The van der Waals surface area contributed by atoms with Gasteiger partial charge in [0.1, 0.15) is 0 Å². The number of nitrogens with one attached hydrogen (secondary N) is 2. The van der Waals surface area contributed by atoms with E-state index in [0.29, 0.717) is 0 Å². The fourth-order valence-corrected chi connectivity index (χ4v) is 1.13. The first-order valence-electron chi connectivity index (χ1n) is 3.96. The lowest BCUT2D eigenvalue weighted by Crippen LogP contribution is -2.34. The van der Waals surface area contributed by atoms with Crippen LogP contribution in [0, 0.1) is 0 Å². The smallest absolute Gasteiger partial charge is 0.219 e. The molecule has 1 saturated heterocycles. The van der Waals surface area contributed by atoms with Gasteiger partial charge in [0.05, 0.1) is 0 Å². The van der Waals surface area contributed by atoms with Crippen LogP contribution in [0.1, 0.15) is 25.7 Å². The second kappa shape index (κ2) is 4.83. The van der Waals surface area contributed by atoms with Crippen molar-refractivity contribution in [1.29, 1.82) is 0 Å². The first-order chi connectivity index (χ1) is 4.50. The summed E-state index contributed by atoms with van der Waals surface area (Å²) < 4.78 is 0. The quantitative estimate of drug-likeness (QED) is 0.459. The highest BCUT2D eigenvalue weighted by atomic mass is 15.3. The van der Waals surface area contributed by atoms with Crippen molar-refractivity contribution >= 4 is 7.41 Å². The van der Waals surface area contributed by atoms with E-state index in [9.17, 15) is 0 Å². The first-order valence-corrected chi connectivity index (χ1v) is 3.96. The average Bonchev–Trinajstić information content (AvgIpc) is 2.00. The molecule has 3 heteroatoms. The van der Waals surface area contributed by atoms with Gasteiger partial charge in [-0.1, -0.05) is 25.6 Å². The Hall–Kier alpha value is -0.0151. The fraction of sp³-hybridized carbons (Fsp3) is 1.00. The molecule has 0 aromatic rings. The van der Waals surface area contributed by atoms with Crippen LogP contribution < -0.4 is 10.8 Å². The SMILES string of the molecule is B1CCCCCCNN1. The fourth-order valence-electron chi connectivity index (χ4n) is 1.13. The van der Waals surface area contributed by atoms with E-state index in [-0.39, 0.29) is 0 Å². The van der Waals surface area contributed by atoms with Crippen molar-refractivity contribution in [2.75, 3.05) is 6.54 Å². The normalized spacial score (nSPS) is 23.1. The Balaban J connectivity index is 2.02. The minimum Gasteiger partial charge on any atom is -0.301 e. The zero-order valence-corrected chi connectivity index (χ0v) is 5.95. The van der Waals surface area contributed by atoms with Crippen LogP contribution >= 0.6 is 0 Å². The highest BCUT2D eigenvalue weighted by Gasteiger charge is 1.95. The van der Waals surface area contributed by atoms with Gasteiger partial charge in [-0.3, -0.25) is 5.43 Å². The number of rotatable bonds is 0. The molecule has 9 heavy (non-hydrogen) atoms. The monoisotopic (exact) mass is 126 g/mol. The van der Waals surface area contributed by atoms with Crippen molar-refractivity contribution in [3.05, 3.63) is 0 Å². The van der Waals surface area contributed by atoms with Crippen LogP contribution in [0.2, 0.25) is 6.32 Å². The molecule has 0 radical (unpaired) electrons. The Morgan fingerprint density at radius 3 is 2.89 bits per heavy atom. The summed E-state index contributed by atoms with van der Waals surface area (Å²) >= 11 is 0. The van der Waals surface area contributed by atoms with Gasteiger partial charge >= 0.3 is 0 Å². The molecule has 0 aliphatic carbocycles. The van der Waals surface area contributed by atoms with E-state index in [1.54, 1.807) is 0 Å². The summed E-state index contributed by atoms with van der Waals surface area (Å²) in [6.45, 7) is 1.14. The number of hydrogen-bond donors (Lipinski definition) is 2. The topological polar surface area (TPSA) is 24.1 Å². The Labute approximate surface area is 57.6 Å². The van der Waals surface area contributed by atoms with E-state index in [0.717, 1.165) is 14.0 Å². The Kier molecular flexibility index (Phi) is 3.80. The van der Waals surface area contributed by atoms with Crippen LogP contribution in [0.5, 0.6) is 0 Å². The third kappa shape index (κ3) is 3.54. The largest absolute Gasteiger partial charge is 0.301 e. The molecule has 0 atom stereocenters. The van der Waals surface area contributed by atoms with Gasteiger partial charge in [0.2, 0.25) is 7.41 Å². The second-order valence-corrected chi connectivity index (χ2v) is 2.62. The van der Waals surface area contributed by atoms with E-state index in [1.165, 1.54) is 32.0 Å². The molecule has 0 unspecified atom stereocenters. The van der Waals surface area contributed by atoms with Crippen LogP contribution in [0.15, 0.2) is 0 Å². The van der Waals surface area contributed by atoms with E-state index in [1.807, 2.05) is 0 Å². The highest BCUT2D eigenvalue weighted by Crippen LogP contribution is 2.02. The highest BCUT2D eigenvalue weighted by molar-refractivity contribution is 6.31. The average molecular weight is 126 g/mol. The van der Waals surface area contributed by atoms with E-state index in [4.69, 9.17) is 0 Å². The van der Waals surface area contributed by atoms with Crippen molar-refractivity contribution in [3.63, 3.8) is 0 Å². The van der Waals surface area contributed by atoms with Crippen LogP contribution in [0.3, 0.4) is 0 Å². The molecule has 52 valence electrons. The van der Waals surface area contributed by atoms with Crippen LogP contribution in [0.25, 0.3) is 0 Å².